The van der Waals surface area contributed by atoms with Crippen LogP contribution in [0.15, 0.2) is 136 Å². The average Bonchev–Trinajstić information content (AvgIpc) is 3.47. The van der Waals surface area contributed by atoms with E-state index in [2.05, 4.69) is 91.7 Å². The largest absolute Gasteiger partial charge is 0.399 e. The molecule has 3 heterocycles. The highest BCUT2D eigenvalue weighted by Gasteiger charge is 2.09. The number of rotatable bonds is 29. The third-order valence-corrected chi connectivity index (χ3v) is 12.0. The molecule has 0 aliphatic carbocycles. The number of nitrogens with zero attached hydrogens (tertiary/aromatic N) is 12. The number of aliphatic hydroxyl groups excluding tert-OH is 1. The second kappa shape index (κ2) is 28.7. The van der Waals surface area contributed by atoms with E-state index < -0.39 is 0 Å². The van der Waals surface area contributed by atoms with Crippen LogP contribution in [0, 0.1) is 0 Å². The van der Waals surface area contributed by atoms with Crippen molar-refractivity contribution in [3.05, 3.63) is 166 Å². The van der Waals surface area contributed by atoms with E-state index in [4.69, 9.17) is 34.4 Å². The van der Waals surface area contributed by atoms with Crippen molar-refractivity contribution >= 4 is 82.8 Å². The number of anilines is 10. The lowest BCUT2D eigenvalue weighted by atomic mass is 10.1. The summed E-state index contributed by atoms with van der Waals surface area (Å²) in [6.07, 6.45) is 5.01. The summed E-state index contributed by atoms with van der Waals surface area (Å²) in [5.74, 6) is 3.46. The molecule has 25 heteroatoms. The van der Waals surface area contributed by atoms with E-state index in [1.165, 1.54) is 0 Å². The standard InChI is InChI=1S/C55H66N24O/c56-43-21-13-38(14-22-43)32-69-54-75-49(61)76-55(79-54)70-33-39-15-23-44(24-16-39)66-29-35-5-7-36(8-6-35)30-67-52-73-47(59)71-50(77-52)64-27-3-1-25-62-45(57)41-17-19-42(20-18-41)46(58)63-26-2-4-28-65-51-72-48(60)74-53(78-51)68-31-37-9-11-40(34-80)12-10-37/h5-24,29,80H,1-4,25-28,30-34,56H2,(H2,57,62)(H2,58,63)(H4,59,64,67,71,73,77)(H4,60,65,68,72,74,78)(H4,61,69,70,75,76,79). The normalized spacial score (nSPS) is 11.6. The first kappa shape index (κ1) is 55.9. The molecule has 0 radical (unpaired) electrons. The Labute approximate surface area is 462 Å². The number of aliphatic imine (C=N–C) groups is 3. The maximum absolute atomic E-state index is 9.25. The monoisotopic (exact) mass is 1080 g/mol. The maximum Gasteiger partial charge on any atom is 0.229 e. The van der Waals surface area contributed by atoms with Gasteiger partial charge in [0.1, 0.15) is 11.7 Å². The number of hydrogen-bond acceptors (Lipinski definition) is 23. The van der Waals surface area contributed by atoms with Gasteiger partial charge in [0.2, 0.25) is 53.5 Å². The number of hydrogen-bond donors (Lipinski definition) is 13. The van der Waals surface area contributed by atoms with Crippen molar-refractivity contribution in [2.45, 2.75) is 58.5 Å². The first-order chi connectivity index (χ1) is 39.0. The fraction of sp³-hybridized carbons (Fsp3) is 0.236. The summed E-state index contributed by atoms with van der Waals surface area (Å²) in [6.45, 7) is 4.29. The molecule has 0 spiro atoms. The zero-order valence-corrected chi connectivity index (χ0v) is 44.1. The Bertz CT molecular complexity index is 3320. The lowest BCUT2D eigenvalue weighted by molar-refractivity contribution is 0.282. The lowest BCUT2D eigenvalue weighted by Gasteiger charge is -2.09. The Morgan fingerprint density at radius 1 is 0.400 bits per heavy atom. The van der Waals surface area contributed by atoms with E-state index >= 15 is 0 Å². The highest BCUT2D eigenvalue weighted by Crippen LogP contribution is 2.18. The molecule has 25 nitrogen and oxygen atoms in total. The molecule has 0 saturated heterocycles. The predicted octanol–water partition coefficient (Wildman–Crippen LogP) is 5.46. The third-order valence-electron chi connectivity index (χ3n) is 12.0. The number of nitrogen functional groups attached to an aromatic ring is 4. The van der Waals surface area contributed by atoms with Gasteiger partial charge < -0.3 is 71.4 Å². The van der Waals surface area contributed by atoms with E-state index in [0.717, 1.165) is 75.9 Å². The van der Waals surface area contributed by atoms with Gasteiger partial charge in [-0.15, -0.1) is 0 Å². The Morgan fingerprint density at radius 3 is 1.12 bits per heavy atom. The summed E-state index contributed by atoms with van der Waals surface area (Å²) >= 11 is 0. The summed E-state index contributed by atoms with van der Waals surface area (Å²) in [6, 6.07) is 38.6. The van der Waals surface area contributed by atoms with Gasteiger partial charge in [0, 0.05) is 75.4 Å². The van der Waals surface area contributed by atoms with Crippen molar-refractivity contribution in [2.24, 2.45) is 26.4 Å². The van der Waals surface area contributed by atoms with Crippen LogP contribution in [0.5, 0.6) is 0 Å². The van der Waals surface area contributed by atoms with Gasteiger partial charge in [-0.1, -0.05) is 97.1 Å². The highest BCUT2D eigenvalue weighted by atomic mass is 16.3. The van der Waals surface area contributed by atoms with Crippen LogP contribution < -0.4 is 66.3 Å². The van der Waals surface area contributed by atoms with E-state index in [1.807, 2.05) is 128 Å². The molecule has 0 aliphatic rings. The molecule has 0 atom stereocenters. The Balaban J connectivity index is 0.687. The second-order valence-electron chi connectivity index (χ2n) is 18.2. The van der Waals surface area contributed by atoms with Crippen LogP contribution in [-0.4, -0.2) is 94.0 Å². The summed E-state index contributed by atoms with van der Waals surface area (Å²) in [4.78, 5) is 52.4. The fourth-order valence-electron chi connectivity index (χ4n) is 7.61. The molecule has 3 aromatic heterocycles. The molecule has 0 unspecified atom stereocenters. The van der Waals surface area contributed by atoms with Gasteiger partial charge in [-0.3, -0.25) is 15.0 Å². The molecule has 0 bridgehead atoms. The SMILES string of the molecule is NC(=NCCCCNc1nc(N)nc(NCc2ccc(C=Nc3ccc(CNc4nc(N)nc(NCc5ccc(N)cc5)n4)cc3)cc2)n1)c1ccc(C(N)=NCCCCNc2nc(N)nc(NCc3ccc(CO)cc3)n2)cc1. The van der Waals surface area contributed by atoms with Crippen molar-refractivity contribution in [1.82, 2.24) is 44.9 Å². The van der Waals surface area contributed by atoms with Crippen LogP contribution in [0.25, 0.3) is 0 Å². The van der Waals surface area contributed by atoms with Crippen LogP contribution in [0.2, 0.25) is 0 Å². The summed E-state index contributed by atoms with van der Waals surface area (Å²) in [5, 5.41) is 28.5. The van der Waals surface area contributed by atoms with Crippen molar-refractivity contribution in [3.63, 3.8) is 0 Å². The molecule has 8 aromatic rings. The van der Waals surface area contributed by atoms with Crippen LogP contribution in [-0.2, 0) is 32.8 Å². The molecule has 8 rings (SSSR count). The zero-order valence-electron chi connectivity index (χ0n) is 44.1. The predicted molar refractivity (Wildman–Crippen MR) is 318 cm³/mol. The number of amidine groups is 2. The van der Waals surface area contributed by atoms with Crippen molar-refractivity contribution < 1.29 is 5.11 Å². The molecule has 0 fully saturated rings. The molecular formula is C55H66N24O. The number of nitrogens with one attached hydrogen (secondary N) is 6. The number of benzene rings is 5. The molecule has 5 aromatic carbocycles. The molecule has 0 aliphatic heterocycles. The van der Waals surface area contributed by atoms with E-state index in [-0.39, 0.29) is 24.5 Å². The highest BCUT2D eigenvalue weighted by molar-refractivity contribution is 6.01. The van der Waals surface area contributed by atoms with Gasteiger partial charge in [0.05, 0.1) is 12.3 Å². The maximum atomic E-state index is 9.25. The minimum Gasteiger partial charge on any atom is -0.399 e. The Morgan fingerprint density at radius 2 is 0.738 bits per heavy atom. The molecule has 0 amide bonds. The molecule has 19 N–H and O–H groups in total. The second-order valence-corrected chi connectivity index (χ2v) is 18.2. The van der Waals surface area contributed by atoms with Gasteiger partial charge in [-0.2, -0.15) is 44.9 Å². The summed E-state index contributed by atoms with van der Waals surface area (Å²) in [7, 11) is 0. The first-order valence-electron chi connectivity index (χ1n) is 25.9. The third kappa shape index (κ3) is 18.2. The van der Waals surface area contributed by atoms with Crippen molar-refractivity contribution in [2.75, 3.05) is 81.0 Å². The van der Waals surface area contributed by atoms with Crippen molar-refractivity contribution in [1.29, 1.82) is 0 Å². The number of aliphatic hydroxyl groups is 1. The number of unbranched alkanes of at least 4 members (excludes halogenated alkanes) is 2. The average molecular weight is 1080 g/mol. The van der Waals surface area contributed by atoms with Gasteiger partial charge in [0.15, 0.2) is 0 Å². The topological polar surface area (TPSA) is 402 Å². The minimum atomic E-state index is -0.000280. The van der Waals surface area contributed by atoms with E-state index in [0.29, 0.717) is 105 Å². The molecule has 0 saturated carbocycles. The van der Waals surface area contributed by atoms with Gasteiger partial charge in [-0.05, 0) is 83.3 Å². The van der Waals surface area contributed by atoms with Gasteiger partial charge in [-0.25, -0.2) is 0 Å². The fourth-order valence-corrected chi connectivity index (χ4v) is 7.61. The summed E-state index contributed by atoms with van der Waals surface area (Å²) in [5.41, 5.74) is 45.3. The van der Waals surface area contributed by atoms with Gasteiger partial charge in [0.25, 0.3) is 0 Å². The Kier molecular flexibility index (Phi) is 20.1. The molecular weight excluding hydrogens is 1010 g/mol. The van der Waals surface area contributed by atoms with Crippen LogP contribution in [0.3, 0.4) is 0 Å². The molecule has 412 valence electrons. The van der Waals surface area contributed by atoms with Gasteiger partial charge >= 0.3 is 0 Å². The van der Waals surface area contributed by atoms with E-state index in [9.17, 15) is 5.11 Å². The molecule has 80 heavy (non-hydrogen) atoms. The summed E-state index contributed by atoms with van der Waals surface area (Å²) < 4.78 is 0. The quantitative estimate of drug-likeness (QED) is 0.0120. The number of nitrogens with two attached hydrogens (primary N) is 6. The number of aromatic nitrogens is 9. The van der Waals surface area contributed by atoms with Crippen molar-refractivity contribution in [3.8, 4) is 0 Å². The van der Waals surface area contributed by atoms with Crippen LogP contribution in [0.1, 0.15) is 70.2 Å². The first-order valence-corrected chi connectivity index (χ1v) is 25.9. The zero-order chi connectivity index (χ0) is 55.9. The van der Waals surface area contributed by atoms with Crippen LogP contribution >= 0.6 is 0 Å². The lowest BCUT2D eigenvalue weighted by Crippen LogP contribution is -2.17. The Hall–Kier alpha value is -10.3. The van der Waals surface area contributed by atoms with E-state index in [1.54, 1.807) is 0 Å². The minimum absolute atomic E-state index is 0.000280. The smallest absolute Gasteiger partial charge is 0.229 e. The van der Waals surface area contributed by atoms with Crippen LogP contribution in [0.4, 0.5) is 64.9 Å².